The lowest BCUT2D eigenvalue weighted by atomic mass is 9.90. The van der Waals surface area contributed by atoms with Gasteiger partial charge in [-0.2, -0.15) is 0 Å². The summed E-state index contributed by atoms with van der Waals surface area (Å²) in [6.45, 7) is 0. The molecule has 2 unspecified atom stereocenters. The first kappa shape index (κ1) is 16.1. The van der Waals surface area contributed by atoms with Crippen molar-refractivity contribution in [1.82, 2.24) is 14.0 Å². The summed E-state index contributed by atoms with van der Waals surface area (Å²) in [6.07, 6.45) is 7.02. The molecule has 1 aliphatic carbocycles. The van der Waals surface area contributed by atoms with Gasteiger partial charge in [0, 0.05) is 24.4 Å². The fourth-order valence-corrected chi connectivity index (χ4v) is 5.30. The molecule has 1 aliphatic heterocycles. The van der Waals surface area contributed by atoms with Crippen LogP contribution in [0.5, 0.6) is 0 Å². The number of hydrogen-bond acceptors (Lipinski definition) is 2. The molecule has 3 aromatic carbocycles. The first-order chi connectivity index (χ1) is 14.8. The van der Waals surface area contributed by atoms with Crippen molar-refractivity contribution in [3.8, 4) is 0 Å². The number of hydrogen-bond donors (Lipinski definition) is 0. The van der Waals surface area contributed by atoms with Crippen LogP contribution < -0.4 is 4.90 Å². The van der Waals surface area contributed by atoms with E-state index < -0.39 is 0 Å². The van der Waals surface area contributed by atoms with Gasteiger partial charge in [0.2, 0.25) is 5.78 Å². The Morgan fingerprint density at radius 2 is 1.53 bits per heavy atom. The maximum atomic E-state index is 5.01. The van der Waals surface area contributed by atoms with Crippen LogP contribution in [0.2, 0.25) is 0 Å². The largest absolute Gasteiger partial charge is 0.367 e. The standard InChI is InChI=1S/C26H20N4/c1-28-21-10-4-2-8-18(21)19-16-17(14-15-22(19)28)29-24-12-6-7-13-25(24)30-23-11-5-3-9-20(23)27-26(29)30/h2-16,19,22H,1H3. The summed E-state index contributed by atoms with van der Waals surface area (Å²) < 4.78 is 4.59. The minimum absolute atomic E-state index is 0.344. The van der Waals surface area contributed by atoms with Gasteiger partial charge < -0.3 is 4.90 Å². The molecule has 144 valence electrons. The van der Waals surface area contributed by atoms with E-state index in [0.717, 1.165) is 16.8 Å². The van der Waals surface area contributed by atoms with E-state index in [9.17, 15) is 0 Å². The van der Waals surface area contributed by atoms with E-state index in [-0.39, 0.29) is 0 Å². The van der Waals surface area contributed by atoms with Gasteiger partial charge in [0.15, 0.2) is 0 Å². The maximum Gasteiger partial charge on any atom is 0.220 e. The van der Waals surface area contributed by atoms with Crippen LogP contribution >= 0.6 is 0 Å². The van der Waals surface area contributed by atoms with Crippen LogP contribution in [0.3, 0.4) is 0 Å². The van der Waals surface area contributed by atoms with Gasteiger partial charge in [-0.05, 0) is 42.0 Å². The Morgan fingerprint density at radius 1 is 0.800 bits per heavy atom. The molecular formula is C26H20N4. The molecule has 5 aromatic rings. The molecule has 0 fully saturated rings. The van der Waals surface area contributed by atoms with Gasteiger partial charge in [0.25, 0.3) is 0 Å². The lowest BCUT2D eigenvalue weighted by molar-refractivity contribution is 0.721. The summed E-state index contributed by atoms with van der Waals surface area (Å²) in [5.41, 5.74) is 8.43. The monoisotopic (exact) mass is 388 g/mol. The van der Waals surface area contributed by atoms with Gasteiger partial charge in [-0.15, -0.1) is 0 Å². The minimum Gasteiger partial charge on any atom is -0.367 e. The van der Waals surface area contributed by atoms with Crippen LogP contribution in [0.25, 0.3) is 33.5 Å². The number of fused-ring (bicyclic) bond motifs is 8. The fourth-order valence-electron chi connectivity index (χ4n) is 5.30. The van der Waals surface area contributed by atoms with Gasteiger partial charge >= 0.3 is 0 Å². The van der Waals surface area contributed by atoms with Crippen LogP contribution in [-0.2, 0) is 0 Å². The van der Waals surface area contributed by atoms with E-state index in [1.54, 1.807) is 0 Å². The Labute approximate surface area is 174 Å². The van der Waals surface area contributed by atoms with Crippen LogP contribution in [0.1, 0.15) is 11.5 Å². The number of likely N-dealkylation sites (N-methyl/N-ethyl adjacent to an activating group) is 1. The van der Waals surface area contributed by atoms with E-state index in [1.165, 1.54) is 28.0 Å². The summed E-state index contributed by atoms with van der Waals surface area (Å²) in [5, 5.41) is 0. The van der Waals surface area contributed by atoms with E-state index >= 15 is 0 Å². The normalized spacial score (nSPS) is 20.2. The number of para-hydroxylation sites is 5. The topological polar surface area (TPSA) is 25.5 Å². The first-order valence-electron chi connectivity index (χ1n) is 10.4. The highest BCUT2D eigenvalue weighted by Crippen LogP contribution is 2.44. The molecule has 3 heterocycles. The molecule has 0 saturated heterocycles. The number of aromatic nitrogens is 3. The number of allylic oxidation sites excluding steroid dienone is 2. The van der Waals surface area contributed by atoms with Crippen molar-refractivity contribution in [3.63, 3.8) is 0 Å². The predicted octanol–water partition coefficient (Wildman–Crippen LogP) is 5.46. The second kappa shape index (κ2) is 5.63. The molecule has 2 aromatic heterocycles. The fraction of sp³-hybridized carbons (Fsp3) is 0.115. The summed E-state index contributed by atoms with van der Waals surface area (Å²) >= 11 is 0. The summed E-state index contributed by atoms with van der Waals surface area (Å²) in [7, 11) is 2.19. The van der Waals surface area contributed by atoms with Crippen LogP contribution in [-0.4, -0.2) is 27.0 Å². The van der Waals surface area contributed by atoms with Gasteiger partial charge in [0.1, 0.15) is 0 Å². The van der Waals surface area contributed by atoms with Crippen LogP contribution in [0.15, 0.2) is 91.0 Å². The summed E-state index contributed by atoms with van der Waals surface area (Å²) in [6, 6.07) is 26.1. The zero-order valence-electron chi connectivity index (χ0n) is 16.6. The Morgan fingerprint density at radius 3 is 2.43 bits per heavy atom. The minimum atomic E-state index is 0.344. The zero-order chi connectivity index (χ0) is 19.8. The second-order valence-corrected chi connectivity index (χ2v) is 8.20. The first-order valence-corrected chi connectivity index (χ1v) is 10.4. The van der Waals surface area contributed by atoms with Crippen LogP contribution in [0, 0.1) is 0 Å². The third-order valence-corrected chi connectivity index (χ3v) is 6.67. The van der Waals surface area contributed by atoms with Gasteiger partial charge in [0.05, 0.1) is 28.1 Å². The Kier molecular flexibility index (Phi) is 3.02. The molecule has 0 N–H and O–H groups in total. The van der Waals surface area contributed by atoms with Crippen molar-refractivity contribution < 1.29 is 0 Å². The van der Waals surface area contributed by atoms with Crippen molar-refractivity contribution in [2.75, 3.05) is 11.9 Å². The smallest absolute Gasteiger partial charge is 0.220 e. The highest BCUT2D eigenvalue weighted by molar-refractivity contribution is 5.94. The Balaban J connectivity index is 1.52. The zero-order valence-corrected chi connectivity index (χ0v) is 16.6. The van der Waals surface area contributed by atoms with Gasteiger partial charge in [-0.3, -0.25) is 8.97 Å². The number of anilines is 1. The van der Waals surface area contributed by atoms with Crippen molar-refractivity contribution in [2.24, 2.45) is 0 Å². The molecule has 30 heavy (non-hydrogen) atoms. The molecule has 0 radical (unpaired) electrons. The number of benzene rings is 3. The average Bonchev–Trinajstić information content (AvgIpc) is 3.41. The third-order valence-electron chi connectivity index (χ3n) is 6.67. The molecule has 0 saturated carbocycles. The molecule has 7 rings (SSSR count). The molecule has 4 nitrogen and oxygen atoms in total. The lowest BCUT2D eigenvalue weighted by Crippen LogP contribution is -2.29. The summed E-state index contributed by atoms with van der Waals surface area (Å²) in [4.78, 5) is 7.40. The summed E-state index contributed by atoms with van der Waals surface area (Å²) in [5.74, 6) is 1.31. The van der Waals surface area contributed by atoms with Gasteiger partial charge in [-0.1, -0.05) is 54.6 Å². The van der Waals surface area contributed by atoms with E-state index in [0.29, 0.717) is 12.0 Å². The predicted molar refractivity (Wildman–Crippen MR) is 123 cm³/mol. The van der Waals surface area contributed by atoms with E-state index in [1.807, 2.05) is 0 Å². The number of imidazole rings is 2. The Hall–Kier alpha value is -3.79. The SMILES string of the molecule is CN1c2ccccc2C2C=C(n3c4ccccc4n4c5ccccc5nc34)C=CC21. The van der Waals surface area contributed by atoms with Crippen molar-refractivity contribution >= 4 is 39.2 Å². The molecule has 0 spiro atoms. The van der Waals surface area contributed by atoms with Crippen molar-refractivity contribution in [2.45, 2.75) is 12.0 Å². The lowest BCUT2D eigenvalue weighted by Gasteiger charge is -2.26. The average molecular weight is 388 g/mol. The quantitative estimate of drug-likeness (QED) is 0.381. The second-order valence-electron chi connectivity index (χ2n) is 8.20. The Bertz CT molecular complexity index is 1530. The van der Waals surface area contributed by atoms with E-state index in [4.69, 9.17) is 4.98 Å². The maximum absolute atomic E-state index is 5.01. The molecular weight excluding hydrogens is 368 g/mol. The molecule has 0 bridgehead atoms. The molecule has 2 aliphatic rings. The number of nitrogens with zero attached hydrogens (tertiary/aromatic N) is 4. The highest BCUT2D eigenvalue weighted by Gasteiger charge is 2.35. The van der Waals surface area contributed by atoms with Gasteiger partial charge in [-0.25, -0.2) is 4.98 Å². The third kappa shape index (κ3) is 1.93. The van der Waals surface area contributed by atoms with Crippen LogP contribution in [0.4, 0.5) is 5.69 Å². The molecule has 0 amide bonds. The number of rotatable bonds is 1. The van der Waals surface area contributed by atoms with Crippen molar-refractivity contribution in [1.29, 1.82) is 0 Å². The molecule has 4 heteroatoms. The van der Waals surface area contributed by atoms with E-state index in [2.05, 4.69) is 112 Å². The molecule has 2 atom stereocenters. The highest BCUT2D eigenvalue weighted by atomic mass is 15.2. The van der Waals surface area contributed by atoms with Crippen molar-refractivity contribution in [3.05, 3.63) is 96.6 Å².